The number of nitrogens with zero attached hydrogens (tertiary/aromatic N) is 3. The van der Waals surface area contributed by atoms with E-state index in [0.717, 1.165) is 0 Å². The molecule has 0 aliphatic carbocycles. The molecular formula is C19H13N5O5. The van der Waals surface area contributed by atoms with Crippen LogP contribution < -0.4 is 15.6 Å². The van der Waals surface area contributed by atoms with Crippen molar-refractivity contribution in [3.63, 3.8) is 0 Å². The van der Waals surface area contributed by atoms with Gasteiger partial charge in [-0.25, -0.2) is 14.5 Å². The Morgan fingerprint density at radius 1 is 1.14 bits per heavy atom. The Bertz CT molecular complexity index is 1280. The van der Waals surface area contributed by atoms with Crippen LogP contribution in [0, 0.1) is 0 Å². The third-order valence-electron chi connectivity index (χ3n) is 3.97. The Hall–Kier alpha value is -4.47. The lowest BCUT2D eigenvalue weighted by atomic mass is 10.2. The van der Waals surface area contributed by atoms with Crippen molar-refractivity contribution in [2.75, 3.05) is 5.32 Å². The predicted molar refractivity (Wildman–Crippen MR) is 103 cm³/mol. The highest BCUT2D eigenvalue weighted by Gasteiger charge is 2.11. The van der Waals surface area contributed by atoms with Crippen molar-refractivity contribution >= 4 is 28.7 Å². The van der Waals surface area contributed by atoms with Crippen LogP contribution in [0.4, 0.5) is 10.5 Å². The lowest BCUT2D eigenvalue weighted by molar-refractivity contribution is 0.102. The van der Waals surface area contributed by atoms with Crippen molar-refractivity contribution in [1.82, 2.24) is 19.7 Å². The number of carbonyl (C=O) groups is 2. The van der Waals surface area contributed by atoms with Gasteiger partial charge in [0.15, 0.2) is 5.75 Å². The molecule has 0 radical (unpaired) electrons. The Labute approximate surface area is 162 Å². The van der Waals surface area contributed by atoms with Crippen LogP contribution in [-0.2, 0) is 0 Å². The molecule has 0 saturated heterocycles. The van der Waals surface area contributed by atoms with Gasteiger partial charge in [0.2, 0.25) is 5.95 Å². The summed E-state index contributed by atoms with van der Waals surface area (Å²) in [6.45, 7) is 0. The number of fused-ring (bicyclic) bond motifs is 1. The van der Waals surface area contributed by atoms with Crippen molar-refractivity contribution in [1.29, 1.82) is 0 Å². The zero-order valence-electron chi connectivity index (χ0n) is 14.7. The minimum atomic E-state index is -1.48. The molecule has 10 heteroatoms. The summed E-state index contributed by atoms with van der Waals surface area (Å²) in [4.78, 5) is 42.2. The number of anilines is 1. The summed E-state index contributed by atoms with van der Waals surface area (Å²) in [5.41, 5.74) is 0.866. The first kappa shape index (κ1) is 17.9. The van der Waals surface area contributed by atoms with E-state index >= 15 is 0 Å². The molecular weight excluding hydrogens is 378 g/mol. The van der Waals surface area contributed by atoms with Gasteiger partial charge in [-0.3, -0.25) is 14.6 Å². The number of aromatic nitrogens is 4. The molecule has 0 aliphatic rings. The van der Waals surface area contributed by atoms with Crippen molar-refractivity contribution < 1.29 is 19.4 Å². The maximum Gasteiger partial charge on any atom is 0.511 e. The van der Waals surface area contributed by atoms with Gasteiger partial charge >= 0.3 is 6.16 Å². The van der Waals surface area contributed by atoms with E-state index in [1.54, 1.807) is 36.4 Å². The Kier molecular flexibility index (Phi) is 4.49. The second kappa shape index (κ2) is 7.27. The van der Waals surface area contributed by atoms with Crippen LogP contribution in [0.25, 0.3) is 16.9 Å². The zero-order chi connectivity index (χ0) is 20.4. The van der Waals surface area contributed by atoms with Crippen LogP contribution in [0.1, 0.15) is 10.4 Å². The molecule has 4 rings (SSSR count). The van der Waals surface area contributed by atoms with E-state index in [9.17, 15) is 14.4 Å². The predicted octanol–water partition coefficient (Wildman–Crippen LogP) is 2.42. The van der Waals surface area contributed by atoms with Gasteiger partial charge in [0.1, 0.15) is 0 Å². The maximum absolute atomic E-state index is 12.5. The average Bonchev–Trinajstić information content (AvgIpc) is 3.17. The topological polar surface area (TPSA) is 139 Å². The molecule has 0 aliphatic heterocycles. The van der Waals surface area contributed by atoms with Crippen LogP contribution >= 0.6 is 0 Å². The molecule has 1 amide bonds. The molecule has 2 aromatic heterocycles. The van der Waals surface area contributed by atoms with Gasteiger partial charge in [0, 0.05) is 11.3 Å². The van der Waals surface area contributed by atoms with E-state index < -0.39 is 11.7 Å². The summed E-state index contributed by atoms with van der Waals surface area (Å²) in [6, 6.07) is 13.4. The first-order chi connectivity index (χ1) is 14.0. The monoisotopic (exact) mass is 391 g/mol. The maximum atomic E-state index is 12.5. The van der Waals surface area contributed by atoms with Gasteiger partial charge < -0.3 is 15.2 Å². The lowest BCUT2D eigenvalue weighted by Gasteiger charge is -2.07. The number of carboxylic acid groups (broad SMARTS) is 1. The highest BCUT2D eigenvalue weighted by atomic mass is 16.7. The van der Waals surface area contributed by atoms with Crippen molar-refractivity contribution in [2.24, 2.45) is 0 Å². The summed E-state index contributed by atoms with van der Waals surface area (Å²) in [5, 5.41) is 15.6. The molecule has 2 heterocycles. The van der Waals surface area contributed by atoms with Crippen LogP contribution in [-0.4, -0.2) is 36.9 Å². The molecule has 2 aromatic carbocycles. The van der Waals surface area contributed by atoms with E-state index in [1.807, 2.05) is 6.07 Å². The third-order valence-corrected chi connectivity index (χ3v) is 3.97. The highest BCUT2D eigenvalue weighted by Crippen LogP contribution is 2.17. The molecule has 0 saturated carbocycles. The SMILES string of the molecule is O=C(O)Oc1cnn(-c2nc3ccc(NC(=O)c4ccccc4)cc3c(=O)[nH]2)c1. The molecule has 0 unspecified atom stereocenters. The Morgan fingerprint density at radius 3 is 2.69 bits per heavy atom. The summed E-state index contributed by atoms with van der Waals surface area (Å²) in [7, 11) is 0. The number of hydrogen-bond acceptors (Lipinski definition) is 6. The summed E-state index contributed by atoms with van der Waals surface area (Å²) in [5.74, 6) is -0.225. The lowest BCUT2D eigenvalue weighted by Crippen LogP contribution is -2.15. The van der Waals surface area contributed by atoms with Crippen molar-refractivity contribution in [3.05, 3.63) is 76.8 Å². The fraction of sp³-hybridized carbons (Fsp3) is 0. The number of benzene rings is 2. The van der Waals surface area contributed by atoms with Crippen LogP contribution in [0.2, 0.25) is 0 Å². The third kappa shape index (κ3) is 3.81. The number of hydrogen-bond donors (Lipinski definition) is 3. The summed E-state index contributed by atoms with van der Waals surface area (Å²) < 4.78 is 5.68. The summed E-state index contributed by atoms with van der Waals surface area (Å²) in [6.07, 6.45) is 0.974. The molecule has 0 spiro atoms. The van der Waals surface area contributed by atoms with E-state index in [-0.39, 0.29) is 23.0 Å². The van der Waals surface area contributed by atoms with Gasteiger partial charge in [0.25, 0.3) is 11.5 Å². The quantitative estimate of drug-likeness (QED) is 0.454. The Morgan fingerprint density at radius 2 is 1.93 bits per heavy atom. The van der Waals surface area contributed by atoms with E-state index in [4.69, 9.17) is 5.11 Å². The summed E-state index contributed by atoms with van der Waals surface area (Å²) >= 11 is 0. The number of amides is 1. The molecule has 0 atom stereocenters. The minimum Gasteiger partial charge on any atom is -0.449 e. The van der Waals surface area contributed by atoms with Gasteiger partial charge in [0.05, 0.1) is 23.3 Å². The standard InChI is InChI=1S/C19H13N5O5/c25-16(11-4-2-1-3-5-11)21-12-6-7-15-14(8-12)17(26)23-18(22-15)24-10-13(9-20-24)29-19(27)28/h1-10H,(H,21,25)(H,27,28)(H,22,23,26). The first-order valence-corrected chi connectivity index (χ1v) is 8.36. The molecule has 29 heavy (non-hydrogen) atoms. The molecule has 0 fully saturated rings. The minimum absolute atomic E-state index is 0.0146. The molecule has 0 bridgehead atoms. The number of aromatic amines is 1. The number of rotatable bonds is 4. The second-order valence-corrected chi connectivity index (χ2v) is 5.93. The largest absolute Gasteiger partial charge is 0.511 e. The van der Waals surface area contributed by atoms with Gasteiger partial charge in [-0.2, -0.15) is 5.10 Å². The number of carbonyl (C=O) groups excluding carboxylic acids is 1. The van der Waals surface area contributed by atoms with E-state index in [2.05, 4.69) is 25.1 Å². The smallest absolute Gasteiger partial charge is 0.449 e. The highest BCUT2D eigenvalue weighted by molar-refractivity contribution is 6.05. The first-order valence-electron chi connectivity index (χ1n) is 8.36. The van der Waals surface area contributed by atoms with Gasteiger partial charge in [-0.05, 0) is 30.3 Å². The fourth-order valence-electron chi connectivity index (χ4n) is 2.68. The average molecular weight is 391 g/mol. The number of nitrogens with one attached hydrogen (secondary N) is 2. The second-order valence-electron chi connectivity index (χ2n) is 5.93. The molecule has 144 valence electrons. The van der Waals surface area contributed by atoms with Crippen LogP contribution in [0.15, 0.2) is 65.7 Å². The van der Waals surface area contributed by atoms with Gasteiger partial charge in [-0.1, -0.05) is 18.2 Å². The van der Waals surface area contributed by atoms with E-state index in [0.29, 0.717) is 16.8 Å². The van der Waals surface area contributed by atoms with E-state index in [1.165, 1.54) is 23.1 Å². The molecule has 10 nitrogen and oxygen atoms in total. The number of H-pyrrole nitrogens is 1. The van der Waals surface area contributed by atoms with Crippen molar-refractivity contribution in [2.45, 2.75) is 0 Å². The number of ether oxygens (including phenoxy) is 1. The van der Waals surface area contributed by atoms with Crippen molar-refractivity contribution in [3.8, 4) is 11.7 Å². The fourth-order valence-corrected chi connectivity index (χ4v) is 2.68. The van der Waals surface area contributed by atoms with Crippen LogP contribution in [0.5, 0.6) is 5.75 Å². The zero-order valence-corrected chi connectivity index (χ0v) is 14.7. The molecule has 3 N–H and O–H groups in total. The normalized spacial score (nSPS) is 10.6. The Balaban J connectivity index is 1.63. The van der Waals surface area contributed by atoms with Gasteiger partial charge in [-0.15, -0.1) is 0 Å². The molecule has 4 aromatic rings. The van der Waals surface area contributed by atoms with Crippen LogP contribution in [0.3, 0.4) is 0 Å².